The number of nitrogens with one attached hydrogen (secondary N) is 2. The van der Waals surface area contributed by atoms with E-state index >= 15 is 0 Å². The molecule has 0 amide bonds. The van der Waals surface area contributed by atoms with Crippen molar-refractivity contribution in [3.05, 3.63) is 66.1 Å². The molecule has 2 aromatic carbocycles. The van der Waals surface area contributed by atoms with Crippen LogP contribution in [0.15, 0.2) is 54.7 Å². The first-order valence-corrected chi connectivity index (χ1v) is 9.82. The highest BCUT2D eigenvalue weighted by Gasteiger charge is 2.35. The fraction of sp³-hybridized carbons (Fsp3) is 0.273. The van der Waals surface area contributed by atoms with Gasteiger partial charge in [-0.3, -0.25) is 0 Å². The molecule has 2 N–H and O–H groups in total. The maximum absolute atomic E-state index is 13.4. The van der Waals surface area contributed by atoms with Gasteiger partial charge in [-0.25, -0.2) is 9.37 Å². The Labute approximate surface area is 177 Å². The van der Waals surface area contributed by atoms with Gasteiger partial charge in [-0.1, -0.05) is 19.8 Å². The molecule has 0 radical (unpaired) electrons. The van der Waals surface area contributed by atoms with E-state index in [1.807, 2.05) is 0 Å². The molecule has 0 saturated carbocycles. The first-order valence-electron chi connectivity index (χ1n) is 9.82. The first-order chi connectivity index (χ1) is 14.8. The fourth-order valence-corrected chi connectivity index (χ4v) is 2.72. The lowest BCUT2D eigenvalue weighted by atomic mass is 10.2. The highest BCUT2D eigenvalue weighted by atomic mass is 19.4. The minimum absolute atomic E-state index is 0.0574. The Morgan fingerprint density at radius 2 is 1.55 bits per heavy atom. The predicted molar refractivity (Wildman–Crippen MR) is 111 cm³/mol. The molecule has 0 aliphatic rings. The number of aromatic nitrogens is 2. The van der Waals surface area contributed by atoms with Gasteiger partial charge in [0.05, 0.1) is 6.61 Å². The number of alkyl halides is 3. The van der Waals surface area contributed by atoms with Crippen molar-refractivity contribution in [1.82, 2.24) is 9.97 Å². The Morgan fingerprint density at radius 3 is 2.19 bits per heavy atom. The fourth-order valence-electron chi connectivity index (χ4n) is 2.72. The minimum Gasteiger partial charge on any atom is -0.494 e. The zero-order chi connectivity index (χ0) is 22.3. The molecule has 0 atom stereocenters. The number of hydrogen-bond acceptors (Lipinski definition) is 5. The summed E-state index contributed by atoms with van der Waals surface area (Å²) in [4.78, 5) is 7.70. The molecule has 3 rings (SSSR count). The van der Waals surface area contributed by atoms with E-state index in [1.165, 1.54) is 24.3 Å². The van der Waals surface area contributed by atoms with Gasteiger partial charge in [0.2, 0.25) is 5.95 Å². The van der Waals surface area contributed by atoms with Gasteiger partial charge in [0.1, 0.15) is 22.9 Å². The third-order valence-electron chi connectivity index (χ3n) is 4.33. The van der Waals surface area contributed by atoms with E-state index in [4.69, 9.17) is 4.74 Å². The normalized spacial score (nSPS) is 11.3. The largest absolute Gasteiger partial charge is 0.494 e. The Morgan fingerprint density at radius 1 is 0.903 bits per heavy atom. The van der Waals surface area contributed by atoms with Crippen LogP contribution in [0.4, 0.5) is 40.7 Å². The van der Waals surface area contributed by atoms with Gasteiger partial charge in [0.15, 0.2) is 0 Å². The number of benzene rings is 2. The summed E-state index contributed by atoms with van der Waals surface area (Å²) in [6.07, 6.45) is -0.839. The van der Waals surface area contributed by atoms with Crippen LogP contribution in [-0.4, -0.2) is 16.6 Å². The van der Waals surface area contributed by atoms with E-state index in [0.29, 0.717) is 29.9 Å². The van der Waals surface area contributed by atoms with Crippen LogP contribution >= 0.6 is 0 Å². The molecule has 1 heterocycles. The molecule has 5 nitrogen and oxygen atoms in total. The lowest BCUT2D eigenvalue weighted by molar-refractivity contribution is -0.137. The zero-order valence-corrected chi connectivity index (χ0v) is 16.8. The van der Waals surface area contributed by atoms with Crippen molar-refractivity contribution < 1.29 is 22.3 Å². The molecule has 9 heteroatoms. The third kappa shape index (κ3) is 6.56. The highest BCUT2D eigenvalue weighted by Crippen LogP contribution is 2.35. The first kappa shape index (κ1) is 22.3. The van der Waals surface area contributed by atoms with Gasteiger partial charge in [-0.2, -0.15) is 18.2 Å². The molecule has 0 aliphatic carbocycles. The monoisotopic (exact) mass is 434 g/mol. The minimum atomic E-state index is -4.64. The molecular formula is C22H22F4N4O. The molecule has 164 valence electrons. The maximum atomic E-state index is 13.4. The second kappa shape index (κ2) is 10.1. The summed E-state index contributed by atoms with van der Waals surface area (Å²) >= 11 is 0. The van der Waals surface area contributed by atoms with Crippen LogP contribution in [0.25, 0.3) is 0 Å². The molecule has 1 aromatic heterocycles. The smallest absolute Gasteiger partial charge is 0.421 e. The lowest BCUT2D eigenvalue weighted by Gasteiger charge is -2.15. The highest BCUT2D eigenvalue weighted by molar-refractivity contribution is 5.63. The molecular weight excluding hydrogens is 412 g/mol. The van der Waals surface area contributed by atoms with E-state index in [9.17, 15) is 17.6 Å². The number of ether oxygens (including phenoxy) is 1. The lowest BCUT2D eigenvalue weighted by Crippen LogP contribution is -2.12. The zero-order valence-electron chi connectivity index (χ0n) is 16.8. The Kier molecular flexibility index (Phi) is 7.28. The van der Waals surface area contributed by atoms with E-state index in [1.54, 1.807) is 24.3 Å². The number of rotatable bonds is 9. The maximum Gasteiger partial charge on any atom is 0.421 e. The Hall–Kier alpha value is -3.36. The van der Waals surface area contributed by atoms with Crippen molar-refractivity contribution in [1.29, 1.82) is 0 Å². The van der Waals surface area contributed by atoms with Crippen molar-refractivity contribution in [2.24, 2.45) is 0 Å². The van der Waals surface area contributed by atoms with E-state index in [-0.39, 0.29) is 5.95 Å². The summed E-state index contributed by atoms with van der Waals surface area (Å²) in [5, 5.41) is 5.45. The van der Waals surface area contributed by atoms with Crippen molar-refractivity contribution in [2.45, 2.75) is 32.4 Å². The molecule has 31 heavy (non-hydrogen) atoms. The van der Waals surface area contributed by atoms with Crippen LogP contribution in [-0.2, 0) is 6.18 Å². The van der Waals surface area contributed by atoms with Crippen LogP contribution in [0.3, 0.4) is 0 Å². The summed E-state index contributed by atoms with van der Waals surface area (Å²) in [5.74, 6) is -0.250. The second-order valence-electron chi connectivity index (χ2n) is 6.79. The van der Waals surface area contributed by atoms with E-state index in [2.05, 4.69) is 27.5 Å². The van der Waals surface area contributed by atoms with Gasteiger partial charge in [0, 0.05) is 17.6 Å². The summed E-state index contributed by atoms with van der Waals surface area (Å²) in [6, 6.07) is 11.9. The number of hydrogen-bond donors (Lipinski definition) is 2. The Bertz CT molecular complexity index is 976. The average Bonchev–Trinajstić information content (AvgIpc) is 2.73. The Balaban J connectivity index is 1.77. The SMILES string of the molecule is CCCCCOc1ccc(Nc2nc(Nc3ccc(F)cc3)ncc2C(F)(F)F)cc1. The number of halogens is 4. The van der Waals surface area contributed by atoms with Crippen LogP contribution in [0.2, 0.25) is 0 Å². The second-order valence-corrected chi connectivity index (χ2v) is 6.79. The van der Waals surface area contributed by atoms with Gasteiger partial charge >= 0.3 is 6.18 Å². The molecule has 0 fully saturated rings. The van der Waals surface area contributed by atoms with Crippen molar-refractivity contribution >= 4 is 23.1 Å². The van der Waals surface area contributed by atoms with Crippen molar-refractivity contribution in [3.8, 4) is 5.75 Å². The molecule has 3 aromatic rings. The molecule has 0 spiro atoms. The van der Waals surface area contributed by atoms with Crippen molar-refractivity contribution in [3.63, 3.8) is 0 Å². The van der Waals surface area contributed by atoms with Crippen LogP contribution in [0.5, 0.6) is 5.75 Å². The summed E-state index contributed by atoms with van der Waals surface area (Å²) < 4.78 is 58.9. The topological polar surface area (TPSA) is 59.1 Å². The molecule has 0 bridgehead atoms. The van der Waals surface area contributed by atoms with Gasteiger partial charge in [0.25, 0.3) is 0 Å². The number of nitrogens with zero attached hydrogens (tertiary/aromatic N) is 2. The quantitative estimate of drug-likeness (QED) is 0.290. The summed E-state index contributed by atoms with van der Waals surface area (Å²) in [5.41, 5.74) is -0.147. The van der Waals surface area contributed by atoms with E-state index in [0.717, 1.165) is 19.3 Å². The van der Waals surface area contributed by atoms with Gasteiger partial charge in [-0.05, 0) is 55.0 Å². The summed E-state index contributed by atoms with van der Waals surface area (Å²) in [6.45, 7) is 2.69. The molecule has 0 saturated heterocycles. The number of unbranched alkanes of at least 4 members (excludes halogenated alkanes) is 2. The predicted octanol–water partition coefficient (Wildman–Crippen LogP) is 6.69. The van der Waals surface area contributed by atoms with Crippen LogP contribution < -0.4 is 15.4 Å². The molecule has 0 aliphatic heterocycles. The average molecular weight is 434 g/mol. The third-order valence-corrected chi connectivity index (χ3v) is 4.33. The van der Waals surface area contributed by atoms with Crippen LogP contribution in [0, 0.1) is 5.82 Å². The summed E-state index contributed by atoms with van der Waals surface area (Å²) in [7, 11) is 0. The van der Waals surface area contributed by atoms with E-state index < -0.39 is 23.4 Å². The molecule has 0 unspecified atom stereocenters. The number of anilines is 4. The van der Waals surface area contributed by atoms with Gasteiger partial charge in [-0.15, -0.1) is 0 Å². The van der Waals surface area contributed by atoms with Crippen molar-refractivity contribution in [2.75, 3.05) is 17.2 Å². The standard InChI is InChI=1S/C22H22F4N4O/c1-2-3-4-13-31-18-11-9-16(10-12-18)28-20-19(22(24,25)26)14-27-21(30-20)29-17-7-5-15(23)6-8-17/h5-12,14H,2-4,13H2,1H3,(H2,27,28,29,30). The van der Waals surface area contributed by atoms with Gasteiger partial charge < -0.3 is 15.4 Å². The van der Waals surface area contributed by atoms with Crippen LogP contribution in [0.1, 0.15) is 31.7 Å².